The van der Waals surface area contributed by atoms with Gasteiger partial charge in [-0.05, 0) is 52.5 Å². The van der Waals surface area contributed by atoms with Crippen LogP contribution in [0.25, 0.3) is 0 Å². The zero-order chi connectivity index (χ0) is 13.2. The number of nitrogens with zero attached hydrogens (tertiary/aromatic N) is 2. The number of amides is 1. The zero-order valence-electron chi connectivity index (χ0n) is 10.3. The number of furan rings is 1. The zero-order valence-corrected chi connectivity index (χ0v) is 11.8. The number of hydrogen-bond acceptors (Lipinski definition) is 3. The highest BCUT2D eigenvalue weighted by molar-refractivity contribution is 9.10. The molecule has 0 aliphatic heterocycles. The van der Waals surface area contributed by atoms with Gasteiger partial charge in [-0.15, -0.1) is 0 Å². The van der Waals surface area contributed by atoms with Crippen molar-refractivity contribution in [3.8, 4) is 0 Å². The molecule has 5 heteroatoms. The molecule has 4 nitrogen and oxygen atoms in total. The average molecular weight is 321 g/mol. The SMILES string of the molecule is O=C(c1ccoc1Br)N(Cc1ccncc1)C1CC1. The lowest BCUT2D eigenvalue weighted by molar-refractivity contribution is 0.0728. The first-order valence-corrected chi connectivity index (χ1v) is 6.98. The van der Waals surface area contributed by atoms with Crippen molar-refractivity contribution in [2.45, 2.75) is 25.4 Å². The Labute approximate surface area is 119 Å². The maximum absolute atomic E-state index is 12.5. The van der Waals surface area contributed by atoms with Gasteiger partial charge in [0, 0.05) is 25.0 Å². The molecule has 19 heavy (non-hydrogen) atoms. The van der Waals surface area contributed by atoms with E-state index in [1.807, 2.05) is 17.0 Å². The van der Waals surface area contributed by atoms with E-state index in [0.29, 0.717) is 22.8 Å². The summed E-state index contributed by atoms with van der Waals surface area (Å²) in [5.74, 6) is 0.0138. The molecule has 0 aromatic carbocycles. The Morgan fingerprint density at radius 3 is 2.68 bits per heavy atom. The minimum Gasteiger partial charge on any atom is -0.457 e. The quantitative estimate of drug-likeness (QED) is 0.868. The van der Waals surface area contributed by atoms with Gasteiger partial charge in [0.25, 0.3) is 5.91 Å². The van der Waals surface area contributed by atoms with Gasteiger partial charge in [-0.2, -0.15) is 0 Å². The summed E-state index contributed by atoms with van der Waals surface area (Å²) in [7, 11) is 0. The summed E-state index contributed by atoms with van der Waals surface area (Å²) >= 11 is 3.27. The summed E-state index contributed by atoms with van der Waals surface area (Å²) in [6.45, 7) is 0.615. The second-order valence-electron chi connectivity index (χ2n) is 4.63. The lowest BCUT2D eigenvalue weighted by Gasteiger charge is -2.22. The fraction of sp³-hybridized carbons (Fsp3) is 0.286. The van der Waals surface area contributed by atoms with E-state index in [-0.39, 0.29) is 5.91 Å². The molecule has 98 valence electrons. The van der Waals surface area contributed by atoms with Crippen molar-refractivity contribution < 1.29 is 9.21 Å². The van der Waals surface area contributed by atoms with Crippen molar-refractivity contribution in [2.24, 2.45) is 0 Å². The van der Waals surface area contributed by atoms with Crippen molar-refractivity contribution >= 4 is 21.8 Å². The molecule has 0 atom stereocenters. The summed E-state index contributed by atoms with van der Waals surface area (Å²) in [6, 6.07) is 5.93. The number of aromatic nitrogens is 1. The maximum atomic E-state index is 12.5. The third-order valence-electron chi connectivity index (χ3n) is 3.20. The fourth-order valence-electron chi connectivity index (χ4n) is 2.04. The van der Waals surface area contributed by atoms with Gasteiger partial charge in [0.1, 0.15) is 0 Å². The monoisotopic (exact) mass is 320 g/mol. The van der Waals surface area contributed by atoms with Crippen LogP contribution in [0.3, 0.4) is 0 Å². The van der Waals surface area contributed by atoms with Crippen LogP contribution in [0.1, 0.15) is 28.8 Å². The van der Waals surface area contributed by atoms with Crippen molar-refractivity contribution in [2.75, 3.05) is 0 Å². The highest BCUT2D eigenvalue weighted by Gasteiger charge is 2.34. The number of pyridine rings is 1. The lowest BCUT2D eigenvalue weighted by Crippen LogP contribution is -2.32. The van der Waals surface area contributed by atoms with Crippen LogP contribution in [-0.4, -0.2) is 21.8 Å². The molecule has 2 aromatic rings. The van der Waals surface area contributed by atoms with Gasteiger partial charge in [-0.25, -0.2) is 0 Å². The third-order valence-corrected chi connectivity index (χ3v) is 3.81. The van der Waals surface area contributed by atoms with Crippen molar-refractivity contribution in [1.82, 2.24) is 9.88 Å². The highest BCUT2D eigenvalue weighted by atomic mass is 79.9. The first kappa shape index (κ1) is 12.4. The molecule has 1 aliphatic rings. The van der Waals surface area contributed by atoms with Crippen molar-refractivity contribution in [3.63, 3.8) is 0 Å². The Kier molecular flexibility index (Phi) is 3.38. The van der Waals surface area contributed by atoms with Crippen molar-refractivity contribution in [3.05, 3.63) is 52.7 Å². The molecule has 0 radical (unpaired) electrons. The molecule has 2 heterocycles. The first-order valence-electron chi connectivity index (χ1n) is 6.18. The standard InChI is InChI=1S/C14H13BrN2O2/c15-13-12(5-8-19-13)14(18)17(11-1-2-11)9-10-3-6-16-7-4-10/h3-8,11H,1-2,9H2. The van der Waals surface area contributed by atoms with Crippen LogP contribution in [-0.2, 0) is 6.54 Å². The largest absolute Gasteiger partial charge is 0.457 e. The van der Waals surface area contributed by atoms with Crippen LogP contribution in [0.2, 0.25) is 0 Å². The van der Waals surface area contributed by atoms with E-state index in [1.165, 1.54) is 6.26 Å². The molecule has 0 spiro atoms. The van der Waals surface area contributed by atoms with Gasteiger partial charge in [-0.1, -0.05) is 0 Å². The second-order valence-corrected chi connectivity index (χ2v) is 5.35. The molecule has 0 bridgehead atoms. The van der Waals surface area contributed by atoms with Crippen LogP contribution < -0.4 is 0 Å². The van der Waals surface area contributed by atoms with Gasteiger partial charge in [0.15, 0.2) is 4.67 Å². The summed E-state index contributed by atoms with van der Waals surface area (Å²) < 4.78 is 5.64. The highest BCUT2D eigenvalue weighted by Crippen LogP contribution is 2.31. The molecular formula is C14H13BrN2O2. The van der Waals surface area contributed by atoms with Crippen LogP contribution in [0.4, 0.5) is 0 Å². The molecule has 1 fully saturated rings. The first-order chi connectivity index (χ1) is 9.25. The van der Waals surface area contributed by atoms with E-state index >= 15 is 0 Å². The molecule has 1 amide bonds. The smallest absolute Gasteiger partial charge is 0.258 e. The van der Waals surface area contributed by atoms with Gasteiger partial charge in [0.2, 0.25) is 0 Å². The summed E-state index contributed by atoms with van der Waals surface area (Å²) in [4.78, 5) is 18.4. The number of halogens is 1. The Morgan fingerprint density at radius 1 is 1.37 bits per heavy atom. The summed E-state index contributed by atoms with van der Waals surface area (Å²) in [5.41, 5.74) is 1.68. The maximum Gasteiger partial charge on any atom is 0.258 e. The summed E-state index contributed by atoms with van der Waals surface area (Å²) in [6.07, 6.45) is 7.17. The summed E-state index contributed by atoms with van der Waals surface area (Å²) in [5, 5.41) is 0. The van der Waals surface area contributed by atoms with Gasteiger partial charge in [0.05, 0.1) is 11.8 Å². The van der Waals surface area contributed by atoms with E-state index < -0.39 is 0 Å². The Hall–Kier alpha value is -1.62. The van der Waals surface area contributed by atoms with Gasteiger partial charge < -0.3 is 9.32 Å². The molecule has 0 unspecified atom stereocenters. The molecule has 0 saturated heterocycles. The van der Waals surface area contributed by atoms with E-state index in [2.05, 4.69) is 20.9 Å². The van der Waals surface area contributed by atoms with Crippen molar-refractivity contribution in [1.29, 1.82) is 0 Å². The molecule has 0 N–H and O–H groups in total. The minimum absolute atomic E-state index is 0.0138. The van der Waals surface area contributed by atoms with Gasteiger partial charge in [-0.3, -0.25) is 9.78 Å². The Balaban J connectivity index is 1.82. The molecular weight excluding hydrogens is 308 g/mol. The number of carbonyl (C=O) groups excluding carboxylic acids is 1. The predicted molar refractivity (Wildman–Crippen MR) is 73.5 cm³/mol. The van der Waals surface area contributed by atoms with Crippen LogP contribution in [0, 0.1) is 0 Å². The Bertz CT molecular complexity index is 578. The Morgan fingerprint density at radius 2 is 2.11 bits per heavy atom. The number of carbonyl (C=O) groups is 1. The van der Waals surface area contributed by atoms with E-state index in [0.717, 1.165) is 18.4 Å². The van der Waals surface area contributed by atoms with Crippen LogP contribution in [0.5, 0.6) is 0 Å². The lowest BCUT2D eigenvalue weighted by atomic mass is 10.2. The normalized spacial score (nSPS) is 14.4. The minimum atomic E-state index is 0.0138. The van der Waals surface area contributed by atoms with Crippen LogP contribution >= 0.6 is 15.9 Å². The number of rotatable bonds is 4. The van der Waals surface area contributed by atoms with Gasteiger partial charge >= 0.3 is 0 Å². The molecule has 3 rings (SSSR count). The molecule has 1 saturated carbocycles. The topological polar surface area (TPSA) is 46.3 Å². The third kappa shape index (κ3) is 2.71. The molecule has 1 aliphatic carbocycles. The van der Waals surface area contributed by atoms with E-state index in [1.54, 1.807) is 18.5 Å². The fourth-order valence-corrected chi connectivity index (χ4v) is 2.45. The van der Waals surface area contributed by atoms with Crippen LogP contribution in [0.15, 0.2) is 45.9 Å². The second kappa shape index (κ2) is 5.17. The van der Waals surface area contributed by atoms with E-state index in [4.69, 9.17) is 4.42 Å². The molecule has 2 aromatic heterocycles. The average Bonchev–Trinajstić information content (AvgIpc) is 3.18. The van der Waals surface area contributed by atoms with E-state index in [9.17, 15) is 4.79 Å². The number of hydrogen-bond donors (Lipinski definition) is 0. The predicted octanol–water partition coefficient (Wildman–Crippen LogP) is 3.24.